The van der Waals surface area contributed by atoms with Crippen molar-refractivity contribution in [2.45, 2.75) is 20.3 Å². The molecule has 5 rings (SSSR count). The van der Waals surface area contributed by atoms with Crippen LogP contribution in [0.2, 0.25) is 0 Å². The minimum Gasteiger partial charge on any atom is -0.505 e. The Morgan fingerprint density at radius 1 is 0.738 bits per heavy atom. The minimum atomic E-state index is -0.469. The number of nitrogens with zero attached hydrogens (tertiary/aromatic N) is 2. The molecule has 5 aromatic carbocycles. The van der Waals surface area contributed by atoms with Gasteiger partial charge in [0.05, 0.1) is 12.2 Å². The van der Waals surface area contributed by atoms with Gasteiger partial charge in [0.2, 0.25) is 0 Å². The van der Waals surface area contributed by atoms with Crippen molar-refractivity contribution in [2.75, 3.05) is 17.2 Å². The monoisotopic (exact) mass is 558 g/mol. The number of carbonyl (C=O) groups excluding carboxylic acids is 2. The number of benzene rings is 5. The number of azo groups is 1. The van der Waals surface area contributed by atoms with Crippen molar-refractivity contribution < 1.29 is 19.4 Å². The lowest BCUT2D eigenvalue weighted by Gasteiger charge is -2.14. The molecule has 5 aromatic rings. The summed E-state index contributed by atoms with van der Waals surface area (Å²) in [5.41, 5.74) is 3.21. The second-order valence-corrected chi connectivity index (χ2v) is 9.45. The average Bonchev–Trinajstić information content (AvgIpc) is 3.01. The van der Waals surface area contributed by atoms with Gasteiger partial charge in [0.25, 0.3) is 11.8 Å². The molecule has 8 nitrogen and oxygen atoms in total. The Hall–Kier alpha value is -5.50. The van der Waals surface area contributed by atoms with E-state index in [1.165, 1.54) is 0 Å². The van der Waals surface area contributed by atoms with Crippen LogP contribution in [0, 0.1) is 0 Å². The number of anilines is 2. The summed E-state index contributed by atoms with van der Waals surface area (Å²) < 4.78 is 5.91. The largest absolute Gasteiger partial charge is 0.505 e. The number of aryl methyl sites for hydroxylation is 1. The van der Waals surface area contributed by atoms with E-state index in [9.17, 15) is 14.7 Å². The first-order chi connectivity index (χ1) is 20.5. The highest BCUT2D eigenvalue weighted by Gasteiger charge is 2.20. The number of hydrogen-bond donors (Lipinski definition) is 3. The molecule has 210 valence electrons. The van der Waals surface area contributed by atoms with E-state index in [0.29, 0.717) is 46.8 Å². The van der Waals surface area contributed by atoms with Gasteiger partial charge in [-0.15, -0.1) is 10.2 Å². The highest BCUT2D eigenvalue weighted by atomic mass is 16.5. The lowest BCUT2D eigenvalue weighted by atomic mass is 10.0. The molecule has 42 heavy (non-hydrogen) atoms. The minimum absolute atomic E-state index is 0.0752. The van der Waals surface area contributed by atoms with Crippen molar-refractivity contribution >= 4 is 45.3 Å². The van der Waals surface area contributed by atoms with Crippen LogP contribution in [0.4, 0.5) is 22.7 Å². The van der Waals surface area contributed by atoms with Gasteiger partial charge < -0.3 is 20.5 Å². The van der Waals surface area contributed by atoms with Crippen LogP contribution >= 0.6 is 0 Å². The van der Waals surface area contributed by atoms with E-state index in [1.54, 1.807) is 48.5 Å². The zero-order valence-corrected chi connectivity index (χ0v) is 23.3. The van der Waals surface area contributed by atoms with E-state index >= 15 is 0 Å². The van der Waals surface area contributed by atoms with Crippen LogP contribution < -0.4 is 15.4 Å². The fourth-order valence-corrected chi connectivity index (χ4v) is 4.59. The Kier molecular flexibility index (Phi) is 8.53. The Balaban J connectivity index is 1.54. The quantitative estimate of drug-likeness (QED) is 0.158. The number of fused-ring (bicyclic) bond motifs is 1. The predicted octanol–water partition coefficient (Wildman–Crippen LogP) is 8.43. The molecule has 0 saturated carbocycles. The van der Waals surface area contributed by atoms with E-state index in [0.717, 1.165) is 10.9 Å². The van der Waals surface area contributed by atoms with Crippen molar-refractivity contribution in [3.8, 4) is 11.5 Å². The lowest BCUT2D eigenvalue weighted by Crippen LogP contribution is -2.12. The maximum Gasteiger partial charge on any atom is 0.259 e. The van der Waals surface area contributed by atoms with Crippen LogP contribution in [0.15, 0.2) is 113 Å². The lowest BCUT2D eigenvalue weighted by molar-refractivity contribution is 0.101. The molecular formula is C34H30N4O4. The predicted molar refractivity (Wildman–Crippen MR) is 166 cm³/mol. The van der Waals surface area contributed by atoms with Crippen LogP contribution in [0.5, 0.6) is 11.5 Å². The molecule has 8 heteroatoms. The molecule has 0 unspecified atom stereocenters. The second-order valence-electron chi connectivity index (χ2n) is 9.45. The number of amides is 2. The van der Waals surface area contributed by atoms with Crippen molar-refractivity contribution in [3.63, 3.8) is 0 Å². The Morgan fingerprint density at radius 2 is 1.38 bits per heavy atom. The number of para-hydroxylation sites is 1. The van der Waals surface area contributed by atoms with E-state index in [1.807, 2.05) is 68.4 Å². The third kappa shape index (κ3) is 6.13. The summed E-state index contributed by atoms with van der Waals surface area (Å²) in [5.74, 6) is -0.556. The summed E-state index contributed by atoms with van der Waals surface area (Å²) in [5, 5.41) is 27.4. The number of rotatable bonds is 9. The van der Waals surface area contributed by atoms with Gasteiger partial charge in [-0.25, -0.2) is 0 Å². The average molecular weight is 559 g/mol. The third-order valence-corrected chi connectivity index (χ3v) is 6.65. The van der Waals surface area contributed by atoms with Crippen LogP contribution in [0.3, 0.4) is 0 Å². The molecule has 0 bridgehead atoms. The summed E-state index contributed by atoms with van der Waals surface area (Å²) in [6.45, 7) is 4.19. The Morgan fingerprint density at radius 3 is 2.10 bits per heavy atom. The van der Waals surface area contributed by atoms with Gasteiger partial charge in [-0.3, -0.25) is 9.59 Å². The smallest absolute Gasteiger partial charge is 0.259 e. The first-order valence-electron chi connectivity index (χ1n) is 13.7. The number of phenolic OH excluding ortho intramolecular Hbond substituents is 1. The van der Waals surface area contributed by atoms with Crippen LogP contribution in [0.1, 0.15) is 40.1 Å². The molecule has 0 heterocycles. The molecule has 0 radical (unpaired) electrons. The Bertz CT molecular complexity index is 1770. The van der Waals surface area contributed by atoms with Gasteiger partial charge in [0, 0.05) is 28.4 Å². The molecule has 3 N–H and O–H groups in total. The number of phenols is 1. The summed E-state index contributed by atoms with van der Waals surface area (Å²) in [4.78, 5) is 26.0. The van der Waals surface area contributed by atoms with Gasteiger partial charge in [0.1, 0.15) is 17.1 Å². The number of hydrogen-bond acceptors (Lipinski definition) is 6. The van der Waals surface area contributed by atoms with E-state index < -0.39 is 5.91 Å². The summed E-state index contributed by atoms with van der Waals surface area (Å²) in [6.07, 6.45) is 0.579. The van der Waals surface area contributed by atoms with Crippen molar-refractivity contribution in [2.24, 2.45) is 10.2 Å². The number of carbonyl (C=O) groups is 2. The normalized spacial score (nSPS) is 11.0. The van der Waals surface area contributed by atoms with Crippen LogP contribution in [-0.4, -0.2) is 23.5 Å². The molecule has 0 saturated heterocycles. The molecule has 0 spiro atoms. The van der Waals surface area contributed by atoms with Crippen molar-refractivity contribution in [3.05, 3.63) is 120 Å². The zero-order chi connectivity index (χ0) is 29.5. The van der Waals surface area contributed by atoms with E-state index in [-0.39, 0.29) is 22.9 Å². The number of nitrogens with one attached hydrogen (secondary N) is 2. The topological polar surface area (TPSA) is 112 Å². The standard InChI is InChI=1S/C34H30N4O4/c1-3-22-19-26(36-33(40)23-13-7-5-8-14-23)21-29(42-4-2)30(22)37-38-31-27-18-12-11-15-24(27)20-28(32(31)39)34(41)35-25-16-9-6-10-17-25/h5-21,39H,3-4H2,1-2H3,(H,35,41)(H,36,40). The number of ether oxygens (including phenoxy) is 1. The van der Waals surface area contributed by atoms with Gasteiger partial charge in [-0.05, 0) is 60.7 Å². The highest BCUT2D eigenvalue weighted by Crippen LogP contribution is 2.42. The zero-order valence-electron chi connectivity index (χ0n) is 23.3. The molecule has 0 aliphatic rings. The molecule has 0 aliphatic heterocycles. The van der Waals surface area contributed by atoms with Gasteiger partial charge in [0.15, 0.2) is 5.75 Å². The molecule has 0 aromatic heterocycles. The summed E-state index contributed by atoms with van der Waals surface area (Å²) >= 11 is 0. The summed E-state index contributed by atoms with van der Waals surface area (Å²) in [7, 11) is 0. The van der Waals surface area contributed by atoms with E-state index in [4.69, 9.17) is 4.74 Å². The van der Waals surface area contributed by atoms with Crippen LogP contribution in [0.25, 0.3) is 10.8 Å². The van der Waals surface area contributed by atoms with Crippen LogP contribution in [-0.2, 0) is 6.42 Å². The first-order valence-corrected chi connectivity index (χ1v) is 13.7. The molecular weight excluding hydrogens is 528 g/mol. The number of aromatic hydroxyl groups is 1. The molecule has 0 aliphatic carbocycles. The molecule has 2 amide bonds. The SMILES string of the molecule is CCOc1cc(NC(=O)c2ccccc2)cc(CC)c1N=Nc1c(O)c(C(=O)Nc2ccccc2)cc2ccccc12. The fraction of sp³-hybridized carbons (Fsp3) is 0.118. The summed E-state index contributed by atoms with van der Waals surface area (Å²) in [6, 6.07) is 30.5. The first kappa shape index (κ1) is 28.0. The Labute approximate surface area is 243 Å². The second kappa shape index (κ2) is 12.8. The van der Waals surface area contributed by atoms with E-state index in [2.05, 4.69) is 20.9 Å². The van der Waals surface area contributed by atoms with Crippen molar-refractivity contribution in [1.82, 2.24) is 0 Å². The molecule has 0 atom stereocenters. The molecule has 0 fully saturated rings. The maximum absolute atomic E-state index is 13.2. The van der Waals surface area contributed by atoms with Gasteiger partial charge in [-0.2, -0.15) is 0 Å². The fourth-order valence-electron chi connectivity index (χ4n) is 4.59. The van der Waals surface area contributed by atoms with Gasteiger partial charge in [-0.1, -0.05) is 67.6 Å². The van der Waals surface area contributed by atoms with Gasteiger partial charge >= 0.3 is 0 Å². The highest BCUT2D eigenvalue weighted by molar-refractivity contribution is 6.11. The third-order valence-electron chi connectivity index (χ3n) is 6.65. The van der Waals surface area contributed by atoms with Crippen molar-refractivity contribution in [1.29, 1.82) is 0 Å². The maximum atomic E-state index is 13.2.